The molecule has 0 spiro atoms. The van der Waals surface area contributed by atoms with Crippen LogP contribution >= 0.6 is 11.8 Å². The molecule has 0 aliphatic heterocycles. The van der Waals surface area contributed by atoms with E-state index in [2.05, 4.69) is 0 Å². The predicted molar refractivity (Wildman–Crippen MR) is 58.5 cm³/mol. The Morgan fingerprint density at radius 3 is 2.77 bits per heavy atom. The molecule has 0 atom stereocenters. The molecule has 0 aliphatic rings. The lowest BCUT2D eigenvalue weighted by atomic mass is 10.3. The summed E-state index contributed by atoms with van der Waals surface area (Å²) in [6, 6.07) is 7.93. The highest BCUT2D eigenvalue weighted by Gasteiger charge is 2.02. The Morgan fingerprint density at radius 1 is 1.54 bits per heavy atom. The quantitative estimate of drug-likeness (QED) is 0.429. The second kappa shape index (κ2) is 4.18. The molecule has 1 aromatic rings. The molecule has 70 valence electrons. The number of nitrogens with one attached hydrogen (secondary N) is 1. The molecule has 13 heavy (non-hydrogen) atoms. The molecule has 0 heterocycles. The average Bonchev–Trinajstić information content (AvgIpc) is 2.16. The Labute approximate surface area is 82.4 Å². The van der Waals surface area contributed by atoms with Crippen molar-refractivity contribution in [1.29, 1.82) is 5.41 Å². The molecular weight excluding hydrogens is 182 g/mol. The van der Waals surface area contributed by atoms with Crippen LogP contribution in [0.15, 0.2) is 29.2 Å². The summed E-state index contributed by atoms with van der Waals surface area (Å²) >= 11 is 1.67. The summed E-state index contributed by atoms with van der Waals surface area (Å²) in [6.45, 7) is 0. The van der Waals surface area contributed by atoms with Gasteiger partial charge < -0.3 is 10.6 Å². The first-order valence-corrected chi connectivity index (χ1v) is 5.09. The lowest BCUT2D eigenvalue weighted by Gasteiger charge is -2.16. The van der Waals surface area contributed by atoms with Crippen molar-refractivity contribution >= 4 is 23.4 Å². The molecule has 4 heteroatoms. The van der Waals surface area contributed by atoms with Gasteiger partial charge in [0.2, 0.25) is 0 Å². The van der Waals surface area contributed by atoms with Crippen LogP contribution in [0.25, 0.3) is 0 Å². The number of anilines is 1. The van der Waals surface area contributed by atoms with Crippen molar-refractivity contribution in [2.45, 2.75) is 4.90 Å². The van der Waals surface area contributed by atoms with Crippen LogP contribution in [0.5, 0.6) is 0 Å². The fraction of sp³-hybridized carbons (Fsp3) is 0.222. The third kappa shape index (κ3) is 2.39. The van der Waals surface area contributed by atoms with Crippen molar-refractivity contribution < 1.29 is 0 Å². The van der Waals surface area contributed by atoms with Crippen LogP contribution in [-0.4, -0.2) is 19.3 Å². The van der Waals surface area contributed by atoms with Crippen LogP contribution in [0, 0.1) is 5.41 Å². The molecule has 0 radical (unpaired) electrons. The van der Waals surface area contributed by atoms with Crippen molar-refractivity contribution in [1.82, 2.24) is 0 Å². The molecule has 0 unspecified atom stereocenters. The number of hydrogen-bond donors (Lipinski definition) is 2. The minimum atomic E-state index is 0.0539. The highest BCUT2D eigenvalue weighted by atomic mass is 32.2. The van der Waals surface area contributed by atoms with E-state index in [9.17, 15) is 0 Å². The average molecular weight is 195 g/mol. The fourth-order valence-corrected chi connectivity index (χ4v) is 1.41. The summed E-state index contributed by atoms with van der Waals surface area (Å²) in [4.78, 5) is 2.81. The van der Waals surface area contributed by atoms with Crippen LogP contribution in [-0.2, 0) is 0 Å². The van der Waals surface area contributed by atoms with Crippen molar-refractivity contribution in [3.05, 3.63) is 24.3 Å². The van der Waals surface area contributed by atoms with Crippen molar-refractivity contribution in [2.75, 3.05) is 18.2 Å². The molecule has 1 aromatic carbocycles. The maximum absolute atomic E-state index is 7.26. The Kier molecular flexibility index (Phi) is 3.19. The van der Waals surface area contributed by atoms with Crippen LogP contribution in [0.1, 0.15) is 0 Å². The molecule has 3 nitrogen and oxygen atoms in total. The lowest BCUT2D eigenvalue weighted by molar-refractivity contribution is 1.19. The van der Waals surface area contributed by atoms with Gasteiger partial charge in [-0.3, -0.25) is 5.41 Å². The zero-order valence-electron chi connectivity index (χ0n) is 7.74. The van der Waals surface area contributed by atoms with Gasteiger partial charge in [-0.25, -0.2) is 0 Å². The van der Waals surface area contributed by atoms with E-state index in [1.54, 1.807) is 23.7 Å². The molecule has 0 aromatic heterocycles. The highest BCUT2D eigenvalue weighted by molar-refractivity contribution is 7.98. The summed E-state index contributed by atoms with van der Waals surface area (Å²) < 4.78 is 0. The number of rotatable bonds is 2. The molecule has 3 N–H and O–H groups in total. The minimum Gasteiger partial charge on any atom is -0.370 e. The summed E-state index contributed by atoms with van der Waals surface area (Å²) in [5.41, 5.74) is 6.31. The Bertz CT molecular complexity index is 311. The SMILES string of the molecule is CSc1cccc(N(C)C(=N)N)c1. The maximum Gasteiger partial charge on any atom is 0.192 e. The topological polar surface area (TPSA) is 53.1 Å². The van der Waals surface area contributed by atoms with Gasteiger partial charge in [-0.1, -0.05) is 6.07 Å². The third-order valence-electron chi connectivity index (χ3n) is 1.80. The van der Waals surface area contributed by atoms with Crippen molar-refractivity contribution in [2.24, 2.45) is 5.73 Å². The van der Waals surface area contributed by atoms with Gasteiger partial charge >= 0.3 is 0 Å². The van der Waals surface area contributed by atoms with E-state index in [0.29, 0.717) is 0 Å². The second-order valence-electron chi connectivity index (χ2n) is 2.65. The number of thioether (sulfide) groups is 1. The zero-order valence-corrected chi connectivity index (χ0v) is 8.56. The monoisotopic (exact) mass is 195 g/mol. The first-order chi connectivity index (χ1) is 6.15. The molecule has 0 fully saturated rings. The van der Waals surface area contributed by atoms with Gasteiger partial charge in [0.15, 0.2) is 5.96 Å². The molecule has 0 amide bonds. The maximum atomic E-state index is 7.26. The van der Waals surface area contributed by atoms with Gasteiger partial charge in [-0.05, 0) is 24.5 Å². The largest absolute Gasteiger partial charge is 0.370 e. The Balaban J connectivity index is 2.94. The van der Waals surface area contributed by atoms with E-state index in [1.807, 2.05) is 30.5 Å². The summed E-state index contributed by atoms with van der Waals surface area (Å²) in [5.74, 6) is 0.0539. The number of nitrogens with two attached hydrogens (primary N) is 1. The number of nitrogens with zero attached hydrogens (tertiary/aromatic N) is 1. The highest BCUT2D eigenvalue weighted by Crippen LogP contribution is 2.20. The first kappa shape index (κ1) is 9.92. The van der Waals surface area contributed by atoms with Crippen LogP contribution in [0.2, 0.25) is 0 Å². The van der Waals surface area contributed by atoms with E-state index < -0.39 is 0 Å². The molecule has 0 bridgehead atoms. The smallest absolute Gasteiger partial charge is 0.192 e. The zero-order chi connectivity index (χ0) is 9.84. The van der Waals surface area contributed by atoms with Gasteiger partial charge in [-0.2, -0.15) is 0 Å². The fourth-order valence-electron chi connectivity index (χ4n) is 0.958. The predicted octanol–water partition coefficient (Wildman–Crippen LogP) is 1.74. The second-order valence-corrected chi connectivity index (χ2v) is 3.53. The van der Waals surface area contributed by atoms with Gasteiger partial charge in [0.1, 0.15) is 0 Å². The van der Waals surface area contributed by atoms with Crippen LogP contribution < -0.4 is 10.6 Å². The normalized spacial score (nSPS) is 9.69. The van der Waals surface area contributed by atoms with Crippen LogP contribution in [0.4, 0.5) is 5.69 Å². The van der Waals surface area contributed by atoms with Crippen LogP contribution in [0.3, 0.4) is 0 Å². The van der Waals surface area contributed by atoms with E-state index in [1.165, 1.54) is 4.90 Å². The molecule has 0 saturated carbocycles. The molecule has 0 aliphatic carbocycles. The molecule has 1 rings (SSSR count). The lowest BCUT2D eigenvalue weighted by Crippen LogP contribution is -2.32. The molecule has 0 saturated heterocycles. The minimum absolute atomic E-state index is 0.0539. The Morgan fingerprint density at radius 2 is 2.23 bits per heavy atom. The van der Waals surface area contributed by atoms with Gasteiger partial charge in [0, 0.05) is 17.6 Å². The van der Waals surface area contributed by atoms with E-state index in [4.69, 9.17) is 11.1 Å². The van der Waals surface area contributed by atoms with Gasteiger partial charge in [0.05, 0.1) is 0 Å². The summed E-state index contributed by atoms with van der Waals surface area (Å²) in [5, 5.41) is 7.26. The van der Waals surface area contributed by atoms with Gasteiger partial charge in [-0.15, -0.1) is 11.8 Å². The van der Waals surface area contributed by atoms with E-state index >= 15 is 0 Å². The van der Waals surface area contributed by atoms with Crippen molar-refractivity contribution in [3.8, 4) is 0 Å². The standard InChI is InChI=1S/C9H13N3S/c1-12(9(10)11)7-4-3-5-8(6-7)13-2/h3-6H,1-2H3,(H3,10,11). The Hall–Kier alpha value is -1.16. The van der Waals surface area contributed by atoms with E-state index in [0.717, 1.165) is 5.69 Å². The first-order valence-electron chi connectivity index (χ1n) is 3.87. The van der Waals surface area contributed by atoms with Gasteiger partial charge in [0.25, 0.3) is 0 Å². The summed E-state index contributed by atoms with van der Waals surface area (Å²) in [6.07, 6.45) is 2.02. The molecular formula is C9H13N3S. The summed E-state index contributed by atoms with van der Waals surface area (Å²) in [7, 11) is 1.78. The van der Waals surface area contributed by atoms with Crippen molar-refractivity contribution in [3.63, 3.8) is 0 Å². The third-order valence-corrected chi connectivity index (χ3v) is 2.53. The van der Waals surface area contributed by atoms with E-state index in [-0.39, 0.29) is 5.96 Å². The number of hydrogen-bond acceptors (Lipinski definition) is 2. The number of guanidine groups is 1. The number of benzene rings is 1.